The summed E-state index contributed by atoms with van der Waals surface area (Å²) in [5.41, 5.74) is 1.80. The number of nitrogens with zero attached hydrogens (tertiary/aromatic N) is 2. The van der Waals surface area contributed by atoms with E-state index in [-0.39, 0.29) is 5.56 Å². The zero-order chi connectivity index (χ0) is 17.1. The fraction of sp³-hybridized carbons (Fsp3) is 0.0500. The zero-order valence-corrected chi connectivity index (χ0v) is 14.9. The maximum Gasteiger partial charge on any atom is 0.279 e. The normalized spacial score (nSPS) is 10.9. The van der Waals surface area contributed by atoms with Gasteiger partial charge in [0, 0.05) is 10.5 Å². The van der Waals surface area contributed by atoms with Gasteiger partial charge < -0.3 is 0 Å². The Morgan fingerprint density at radius 3 is 2.52 bits per heavy atom. The summed E-state index contributed by atoms with van der Waals surface area (Å²) >= 11 is 3.17. The maximum absolute atomic E-state index is 12.2. The van der Waals surface area contributed by atoms with E-state index in [2.05, 4.69) is 22.1 Å². The molecule has 0 spiro atoms. The first kappa shape index (κ1) is 16.0. The summed E-state index contributed by atoms with van der Waals surface area (Å²) in [6.45, 7) is 0. The summed E-state index contributed by atoms with van der Waals surface area (Å²) in [5.74, 6) is 0.860. The van der Waals surface area contributed by atoms with Crippen LogP contribution in [0.4, 0.5) is 0 Å². The van der Waals surface area contributed by atoms with E-state index in [0.717, 1.165) is 21.2 Å². The summed E-state index contributed by atoms with van der Waals surface area (Å²) in [5, 5.41) is 2.24. The van der Waals surface area contributed by atoms with Gasteiger partial charge in [-0.05, 0) is 29.8 Å². The van der Waals surface area contributed by atoms with Crippen LogP contribution in [-0.2, 0) is 5.75 Å². The van der Waals surface area contributed by atoms with E-state index in [4.69, 9.17) is 0 Å². The van der Waals surface area contributed by atoms with Crippen molar-refractivity contribution in [2.75, 3.05) is 0 Å². The average molecular weight is 362 g/mol. The van der Waals surface area contributed by atoms with Gasteiger partial charge in [0.15, 0.2) is 0 Å². The van der Waals surface area contributed by atoms with Crippen LogP contribution in [0.25, 0.3) is 20.8 Å². The Morgan fingerprint density at radius 1 is 0.840 bits per heavy atom. The first-order valence-electron chi connectivity index (χ1n) is 7.84. The van der Waals surface area contributed by atoms with E-state index in [0.29, 0.717) is 10.4 Å². The smallest absolute Gasteiger partial charge is 0.267 e. The van der Waals surface area contributed by atoms with Gasteiger partial charge in [0.2, 0.25) is 0 Å². The number of benzene rings is 2. The molecule has 0 amide bonds. The number of hydrogen-bond acceptors (Lipinski definition) is 5. The van der Waals surface area contributed by atoms with Crippen molar-refractivity contribution in [2.45, 2.75) is 10.8 Å². The first-order valence-corrected chi connectivity index (χ1v) is 9.64. The molecule has 25 heavy (non-hydrogen) atoms. The van der Waals surface area contributed by atoms with E-state index >= 15 is 0 Å². The largest absolute Gasteiger partial charge is 0.279 e. The molecule has 2 heterocycles. The van der Waals surface area contributed by atoms with Gasteiger partial charge in [0.1, 0.15) is 10.7 Å². The predicted octanol–water partition coefficient (Wildman–Crippen LogP) is 5.01. The van der Waals surface area contributed by atoms with Gasteiger partial charge >= 0.3 is 0 Å². The number of rotatable bonds is 4. The average Bonchev–Trinajstić information content (AvgIpc) is 2.67. The molecule has 3 nitrogen and oxygen atoms in total. The van der Waals surface area contributed by atoms with E-state index in [1.165, 1.54) is 16.9 Å². The molecule has 0 saturated heterocycles. The first-order chi connectivity index (χ1) is 12.3. The van der Waals surface area contributed by atoms with Gasteiger partial charge in [-0.2, -0.15) is 4.98 Å². The molecule has 2 aromatic heterocycles. The highest BCUT2D eigenvalue weighted by Crippen LogP contribution is 2.27. The third kappa shape index (κ3) is 3.62. The Bertz CT molecular complexity index is 1080. The van der Waals surface area contributed by atoms with Gasteiger partial charge in [-0.15, -0.1) is 23.1 Å². The molecule has 0 aliphatic heterocycles. The highest BCUT2D eigenvalue weighted by Gasteiger charge is 2.08. The Balaban J connectivity index is 1.64. The zero-order valence-electron chi connectivity index (χ0n) is 13.3. The molecule has 0 aliphatic rings. The second kappa shape index (κ2) is 7.17. The van der Waals surface area contributed by atoms with Crippen LogP contribution < -0.4 is 5.56 Å². The fourth-order valence-corrected chi connectivity index (χ4v) is 4.28. The lowest BCUT2D eigenvalue weighted by Crippen LogP contribution is -2.06. The minimum Gasteiger partial charge on any atom is -0.267 e. The standard InChI is InChI=1S/C20H14N2OS2/c23-19-15-9-4-5-11-17(15)25-20(22-19)16-10-6-12-18(21-16)24-13-14-7-2-1-3-8-14/h1-12H,13H2. The van der Waals surface area contributed by atoms with E-state index in [1.807, 2.05) is 60.7 Å². The van der Waals surface area contributed by atoms with Crippen molar-refractivity contribution in [3.63, 3.8) is 0 Å². The molecule has 4 aromatic rings. The minimum atomic E-state index is -0.200. The van der Waals surface area contributed by atoms with Crippen molar-refractivity contribution in [2.24, 2.45) is 0 Å². The van der Waals surface area contributed by atoms with Crippen molar-refractivity contribution in [1.29, 1.82) is 0 Å². The van der Waals surface area contributed by atoms with Crippen LogP contribution in [0.2, 0.25) is 0 Å². The number of hydrogen-bond donors (Lipinski definition) is 0. The van der Waals surface area contributed by atoms with Crippen LogP contribution in [0.1, 0.15) is 5.56 Å². The molecule has 2 aromatic carbocycles. The number of fused-ring (bicyclic) bond motifs is 1. The fourth-order valence-electron chi connectivity index (χ4n) is 2.47. The summed E-state index contributed by atoms with van der Waals surface area (Å²) in [6.07, 6.45) is 0. The second-order valence-electron chi connectivity index (χ2n) is 5.46. The van der Waals surface area contributed by atoms with Gasteiger partial charge in [0.25, 0.3) is 5.56 Å². The van der Waals surface area contributed by atoms with Crippen LogP contribution in [0.15, 0.2) is 82.6 Å². The Labute approximate surface area is 153 Å². The van der Waals surface area contributed by atoms with Crippen LogP contribution in [0.5, 0.6) is 0 Å². The minimum absolute atomic E-state index is 0.200. The molecule has 0 unspecified atom stereocenters. The lowest BCUT2D eigenvalue weighted by molar-refractivity contribution is 1.12. The molecular weight excluding hydrogens is 348 g/mol. The maximum atomic E-state index is 12.2. The van der Waals surface area contributed by atoms with Crippen molar-refractivity contribution < 1.29 is 0 Å². The Morgan fingerprint density at radius 2 is 1.64 bits per heavy atom. The SMILES string of the molecule is O=c1nc(-c2cccc(SCc3ccccc3)n2)sc2ccccc12. The van der Waals surface area contributed by atoms with E-state index in [1.54, 1.807) is 11.8 Å². The molecule has 0 fully saturated rings. The van der Waals surface area contributed by atoms with Crippen molar-refractivity contribution in [3.8, 4) is 10.7 Å². The van der Waals surface area contributed by atoms with Crippen LogP contribution in [0.3, 0.4) is 0 Å². The quantitative estimate of drug-likeness (QED) is 0.479. The molecule has 0 N–H and O–H groups in total. The molecule has 0 radical (unpaired) electrons. The van der Waals surface area contributed by atoms with Gasteiger partial charge in [-0.1, -0.05) is 48.5 Å². The van der Waals surface area contributed by atoms with Crippen LogP contribution in [-0.4, -0.2) is 9.97 Å². The van der Waals surface area contributed by atoms with E-state index in [9.17, 15) is 4.79 Å². The third-order valence-corrected chi connectivity index (χ3v) is 5.77. The second-order valence-corrected chi connectivity index (χ2v) is 7.48. The lowest BCUT2D eigenvalue weighted by atomic mass is 10.2. The van der Waals surface area contributed by atoms with E-state index < -0.39 is 0 Å². The van der Waals surface area contributed by atoms with Gasteiger partial charge in [-0.25, -0.2) is 4.98 Å². The molecule has 0 bridgehead atoms. The molecule has 122 valence electrons. The van der Waals surface area contributed by atoms with Crippen LogP contribution in [0, 0.1) is 0 Å². The van der Waals surface area contributed by atoms with Gasteiger partial charge in [-0.3, -0.25) is 4.79 Å². The highest BCUT2D eigenvalue weighted by molar-refractivity contribution is 7.98. The lowest BCUT2D eigenvalue weighted by Gasteiger charge is -2.05. The summed E-state index contributed by atoms with van der Waals surface area (Å²) in [7, 11) is 0. The predicted molar refractivity (Wildman–Crippen MR) is 105 cm³/mol. The van der Waals surface area contributed by atoms with Gasteiger partial charge in [0.05, 0.1) is 10.4 Å². The third-order valence-electron chi connectivity index (χ3n) is 3.70. The molecule has 5 heteroatoms. The molecular formula is C20H14N2OS2. The highest BCUT2D eigenvalue weighted by atomic mass is 32.2. The summed E-state index contributed by atoms with van der Waals surface area (Å²) < 4.78 is 0.932. The number of pyridine rings is 1. The Hall–Kier alpha value is -2.50. The summed E-state index contributed by atoms with van der Waals surface area (Å²) in [6, 6.07) is 23.7. The topological polar surface area (TPSA) is 42.9 Å². The molecule has 4 rings (SSSR count). The Kier molecular flexibility index (Phi) is 4.59. The molecule has 0 atom stereocenters. The van der Waals surface area contributed by atoms with Crippen molar-refractivity contribution in [3.05, 3.63) is 88.7 Å². The number of thioether (sulfide) groups is 1. The van der Waals surface area contributed by atoms with Crippen molar-refractivity contribution >= 4 is 33.2 Å². The molecule has 0 saturated carbocycles. The summed E-state index contributed by atoms with van der Waals surface area (Å²) in [4.78, 5) is 21.1. The molecule has 0 aliphatic carbocycles. The monoisotopic (exact) mass is 362 g/mol. The van der Waals surface area contributed by atoms with Crippen molar-refractivity contribution in [1.82, 2.24) is 9.97 Å². The van der Waals surface area contributed by atoms with Crippen LogP contribution >= 0.6 is 23.1 Å². The number of aromatic nitrogens is 2.